The van der Waals surface area contributed by atoms with Gasteiger partial charge in [-0.25, -0.2) is 0 Å². The van der Waals surface area contributed by atoms with Crippen molar-refractivity contribution < 1.29 is 9.59 Å². The van der Waals surface area contributed by atoms with Crippen LogP contribution in [-0.4, -0.2) is 23.3 Å². The van der Waals surface area contributed by atoms with Crippen molar-refractivity contribution >= 4 is 23.2 Å². The summed E-state index contributed by atoms with van der Waals surface area (Å²) in [4.78, 5) is 34.0. The lowest BCUT2D eigenvalue weighted by atomic mass is 10.0. The van der Waals surface area contributed by atoms with Gasteiger partial charge in [-0.05, 0) is 44.2 Å². The number of amides is 2. The van der Waals surface area contributed by atoms with Crippen LogP contribution in [0.2, 0.25) is 0 Å². The Hall–Kier alpha value is -3.47. The first kappa shape index (κ1) is 17.9. The van der Waals surface area contributed by atoms with Gasteiger partial charge in [-0.2, -0.15) is 0 Å². The molecule has 1 saturated heterocycles. The molecule has 0 radical (unpaired) electrons. The molecule has 28 heavy (non-hydrogen) atoms. The topological polar surface area (TPSA) is 53.5 Å². The van der Waals surface area contributed by atoms with E-state index in [2.05, 4.69) is 4.98 Å². The zero-order valence-electron chi connectivity index (χ0n) is 15.9. The molecule has 2 amide bonds. The molecule has 5 heteroatoms. The highest BCUT2D eigenvalue weighted by atomic mass is 16.2. The Kier molecular flexibility index (Phi) is 4.65. The van der Waals surface area contributed by atoms with Gasteiger partial charge in [0.25, 0.3) is 5.91 Å². The molecule has 1 aromatic heterocycles. The monoisotopic (exact) mass is 371 g/mol. The molecule has 2 heterocycles. The molecule has 0 unspecified atom stereocenters. The minimum absolute atomic E-state index is 0.00648. The summed E-state index contributed by atoms with van der Waals surface area (Å²) in [5, 5.41) is 0. The van der Waals surface area contributed by atoms with Crippen molar-refractivity contribution in [1.29, 1.82) is 0 Å². The van der Waals surface area contributed by atoms with E-state index >= 15 is 0 Å². The molecular weight excluding hydrogens is 350 g/mol. The number of benzene rings is 2. The van der Waals surface area contributed by atoms with E-state index in [0.717, 1.165) is 16.8 Å². The lowest BCUT2D eigenvalue weighted by Gasteiger charge is -2.40. The Morgan fingerprint density at radius 3 is 2.04 bits per heavy atom. The number of rotatable bonds is 3. The van der Waals surface area contributed by atoms with Crippen LogP contribution in [-0.2, 0) is 9.59 Å². The lowest BCUT2D eigenvalue weighted by Crippen LogP contribution is -2.56. The molecule has 140 valence electrons. The van der Waals surface area contributed by atoms with Crippen LogP contribution in [0, 0.1) is 13.8 Å². The van der Waals surface area contributed by atoms with E-state index in [4.69, 9.17) is 0 Å². The second-order valence-electron chi connectivity index (χ2n) is 7.05. The van der Waals surface area contributed by atoms with Crippen molar-refractivity contribution in [2.75, 3.05) is 16.3 Å². The van der Waals surface area contributed by atoms with E-state index in [1.54, 1.807) is 28.3 Å². The Bertz CT molecular complexity index is 998. The summed E-state index contributed by atoms with van der Waals surface area (Å²) in [7, 11) is 0. The maximum absolute atomic E-state index is 13.5. The summed E-state index contributed by atoms with van der Waals surface area (Å²) < 4.78 is 0. The van der Waals surface area contributed by atoms with E-state index in [0.29, 0.717) is 11.3 Å². The Morgan fingerprint density at radius 1 is 0.857 bits per heavy atom. The van der Waals surface area contributed by atoms with E-state index in [1.165, 1.54) is 0 Å². The van der Waals surface area contributed by atoms with Crippen molar-refractivity contribution in [1.82, 2.24) is 4.98 Å². The zero-order chi connectivity index (χ0) is 19.7. The zero-order valence-corrected chi connectivity index (χ0v) is 15.9. The van der Waals surface area contributed by atoms with Gasteiger partial charge in [-0.15, -0.1) is 0 Å². The van der Waals surface area contributed by atoms with Crippen molar-refractivity contribution in [2.45, 2.75) is 19.9 Å². The molecular formula is C23H21N3O2. The highest BCUT2D eigenvalue weighted by Crippen LogP contribution is 2.34. The normalized spacial score (nSPS) is 17.1. The summed E-state index contributed by atoms with van der Waals surface area (Å²) in [6.07, 6.45) is 3.31. The molecule has 0 aliphatic carbocycles. The lowest BCUT2D eigenvalue weighted by molar-refractivity contribution is -0.128. The molecule has 1 aliphatic heterocycles. The second kappa shape index (κ2) is 7.27. The maximum atomic E-state index is 13.5. The highest BCUT2D eigenvalue weighted by Gasteiger charge is 2.41. The van der Waals surface area contributed by atoms with Gasteiger partial charge in [-0.3, -0.25) is 19.5 Å². The molecule has 0 bridgehead atoms. The van der Waals surface area contributed by atoms with Crippen LogP contribution in [0.15, 0.2) is 73.1 Å². The van der Waals surface area contributed by atoms with Crippen LogP contribution in [0.1, 0.15) is 22.7 Å². The molecule has 1 atom stereocenters. The molecule has 0 spiro atoms. The largest absolute Gasteiger partial charge is 0.301 e. The quantitative estimate of drug-likeness (QED) is 0.703. The van der Waals surface area contributed by atoms with Crippen molar-refractivity contribution in [3.05, 3.63) is 89.7 Å². The predicted octanol–water partition coefficient (Wildman–Crippen LogP) is 3.82. The number of anilines is 2. The van der Waals surface area contributed by atoms with Gasteiger partial charge >= 0.3 is 0 Å². The Morgan fingerprint density at radius 2 is 1.46 bits per heavy atom. The number of hydrogen-bond acceptors (Lipinski definition) is 3. The van der Waals surface area contributed by atoms with Crippen LogP contribution in [0.25, 0.3) is 0 Å². The summed E-state index contributed by atoms with van der Waals surface area (Å²) in [6.45, 7) is 3.99. The Balaban J connectivity index is 1.79. The number of nitrogens with zero attached hydrogens (tertiary/aromatic N) is 3. The third-order valence-corrected chi connectivity index (χ3v) is 4.98. The summed E-state index contributed by atoms with van der Waals surface area (Å²) in [5.74, 6) is -0.269. The third kappa shape index (κ3) is 3.27. The van der Waals surface area contributed by atoms with Crippen LogP contribution in [0.5, 0.6) is 0 Å². The molecule has 4 rings (SSSR count). The summed E-state index contributed by atoms with van der Waals surface area (Å²) >= 11 is 0. The third-order valence-electron chi connectivity index (χ3n) is 4.98. The Labute approximate surface area is 164 Å². The number of aromatic nitrogens is 1. The van der Waals surface area contributed by atoms with Gasteiger partial charge < -0.3 is 4.90 Å². The predicted molar refractivity (Wildman–Crippen MR) is 109 cm³/mol. The van der Waals surface area contributed by atoms with Gasteiger partial charge in [0.15, 0.2) is 0 Å². The summed E-state index contributed by atoms with van der Waals surface area (Å²) in [6, 6.07) is 18.2. The number of piperazine rings is 1. The van der Waals surface area contributed by atoms with E-state index < -0.39 is 6.04 Å². The van der Waals surface area contributed by atoms with E-state index in [9.17, 15) is 9.59 Å². The minimum atomic E-state index is -0.751. The number of hydrogen-bond donors (Lipinski definition) is 0. The number of aryl methyl sites for hydroxylation is 2. The number of carbonyl (C=O) groups excluding carboxylic acids is 2. The smallest absolute Gasteiger partial charge is 0.255 e. The van der Waals surface area contributed by atoms with Gasteiger partial charge in [0.1, 0.15) is 12.6 Å². The fourth-order valence-corrected chi connectivity index (χ4v) is 3.46. The van der Waals surface area contributed by atoms with Crippen molar-refractivity contribution in [3.8, 4) is 0 Å². The minimum Gasteiger partial charge on any atom is -0.301 e. The first-order valence-corrected chi connectivity index (χ1v) is 9.21. The van der Waals surface area contributed by atoms with Crippen LogP contribution < -0.4 is 9.80 Å². The van der Waals surface area contributed by atoms with Crippen molar-refractivity contribution in [3.63, 3.8) is 0 Å². The highest BCUT2D eigenvalue weighted by molar-refractivity contribution is 6.14. The molecule has 3 aromatic rings. The average molecular weight is 371 g/mol. The molecule has 0 saturated carbocycles. The molecule has 2 aromatic carbocycles. The maximum Gasteiger partial charge on any atom is 0.255 e. The second-order valence-corrected chi connectivity index (χ2v) is 7.05. The first-order chi connectivity index (χ1) is 13.5. The van der Waals surface area contributed by atoms with Crippen molar-refractivity contribution in [2.24, 2.45) is 0 Å². The molecule has 0 N–H and O–H groups in total. The van der Waals surface area contributed by atoms with Crippen LogP contribution in [0.4, 0.5) is 11.4 Å². The number of pyridine rings is 1. The number of carbonyl (C=O) groups is 2. The van der Waals surface area contributed by atoms with E-state index in [-0.39, 0.29) is 18.4 Å². The summed E-state index contributed by atoms with van der Waals surface area (Å²) in [5.41, 5.74) is 4.32. The van der Waals surface area contributed by atoms with Gasteiger partial charge in [0.05, 0.1) is 0 Å². The van der Waals surface area contributed by atoms with Crippen LogP contribution in [0.3, 0.4) is 0 Å². The van der Waals surface area contributed by atoms with E-state index in [1.807, 2.05) is 68.4 Å². The first-order valence-electron chi connectivity index (χ1n) is 9.21. The van der Waals surface area contributed by atoms with Gasteiger partial charge in [-0.1, -0.05) is 41.5 Å². The fraction of sp³-hybridized carbons (Fsp3) is 0.174. The van der Waals surface area contributed by atoms with Gasteiger partial charge in [0, 0.05) is 29.3 Å². The fourth-order valence-electron chi connectivity index (χ4n) is 3.46. The molecule has 5 nitrogen and oxygen atoms in total. The SMILES string of the molecule is Cc1ccc(N2CC(=O)N(c3ccc(C)cc3)[C@H](c3cccnc3)C2=O)cc1. The molecule has 1 fully saturated rings. The van der Waals surface area contributed by atoms with Gasteiger partial charge in [0.2, 0.25) is 5.91 Å². The standard InChI is InChI=1S/C23H21N3O2/c1-16-5-9-19(10-6-16)25-15-21(27)26(20-11-7-17(2)8-12-20)22(23(25)28)18-4-3-13-24-14-18/h3-14,22H,15H2,1-2H3/t22-/m1/s1. The van der Waals surface area contributed by atoms with Crippen LogP contribution >= 0.6 is 0 Å². The molecule has 1 aliphatic rings. The average Bonchev–Trinajstić information content (AvgIpc) is 2.71.